The highest BCUT2D eigenvalue weighted by atomic mass is 35.5. The van der Waals surface area contributed by atoms with Crippen molar-refractivity contribution in [3.8, 4) is 17.1 Å². The molecule has 3 aromatic heterocycles. The van der Waals surface area contributed by atoms with Crippen molar-refractivity contribution in [2.45, 2.75) is 13.8 Å². The summed E-state index contributed by atoms with van der Waals surface area (Å²) in [6.07, 6.45) is 3.43. The maximum Gasteiger partial charge on any atom is 0.182 e. The monoisotopic (exact) mass is 374 g/mol. The molecule has 6 nitrogen and oxygen atoms in total. The van der Waals surface area contributed by atoms with E-state index in [0.717, 1.165) is 27.8 Å². The summed E-state index contributed by atoms with van der Waals surface area (Å²) in [5.74, 6) is 0.666. The van der Waals surface area contributed by atoms with E-state index in [1.165, 1.54) is 5.56 Å². The van der Waals surface area contributed by atoms with E-state index in [0.29, 0.717) is 16.5 Å². The lowest BCUT2D eigenvalue weighted by atomic mass is 10.1. The Balaban J connectivity index is 1.70. The molecule has 0 radical (unpaired) electrons. The van der Waals surface area contributed by atoms with Crippen LogP contribution in [0, 0.1) is 13.8 Å². The molecule has 132 valence electrons. The summed E-state index contributed by atoms with van der Waals surface area (Å²) in [5.41, 5.74) is 5.46. The summed E-state index contributed by atoms with van der Waals surface area (Å²) in [6.45, 7) is 4.02. The van der Waals surface area contributed by atoms with E-state index < -0.39 is 0 Å². The van der Waals surface area contributed by atoms with Gasteiger partial charge in [0.15, 0.2) is 17.1 Å². The lowest BCUT2D eigenvalue weighted by molar-refractivity contribution is 0.882. The third-order valence-corrected chi connectivity index (χ3v) is 4.99. The van der Waals surface area contributed by atoms with Crippen LogP contribution >= 0.6 is 11.6 Å². The predicted octanol–water partition coefficient (Wildman–Crippen LogP) is 4.40. The molecule has 0 aliphatic rings. The van der Waals surface area contributed by atoms with E-state index in [1.807, 2.05) is 37.3 Å². The lowest BCUT2D eigenvalue weighted by Crippen LogP contribution is -1.99. The normalized spacial score (nSPS) is 11.5. The van der Waals surface area contributed by atoms with Crippen LogP contribution in [0.1, 0.15) is 11.1 Å². The number of aryl methyl sites for hydroxylation is 2. The zero-order valence-electron chi connectivity index (χ0n) is 14.8. The zero-order chi connectivity index (χ0) is 18.5. The molecular weight excluding hydrogens is 360 g/mol. The van der Waals surface area contributed by atoms with Crippen LogP contribution in [0.2, 0.25) is 5.02 Å². The standard InChI is InChI=1S/C20H15ClN6/c1-12-4-3-5-14(8-12)18-24-20-16-10-23-27(19(16)22-11-26(20)25-18)15-7-6-13(2)17(21)9-15/h3-11H,1-2H3. The summed E-state index contributed by atoms with van der Waals surface area (Å²) in [6, 6.07) is 14.0. The van der Waals surface area contributed by atoms with Gasteiger partial charge in [-0.05, 0) is 37.6 Å². The molecule has 0 bridgehead atoms. The van der Waals surface area contributed by atoms with Gasteiger partial charge in [-0.25, -0.2) is 19.2 Å². The van der Waals surface area contributed by atoms with Gasteiger partial charge in [-0.1, -0.05) is 41.4 Å². The number of halogens is 1. The fourth-order valence-corrected chi connectivity index (χ4v) is 3.30. The van der Waals surface area contributed by atoms with Crippen LogP contribution in [0.3, 0.4) is 0 Å². The number of rotatable bonds is 2. The van der Waals surface area contributed by atoms with Crippen molar-refractivity contribution in [3.63, 3.8) is 0 Å². The predicted molar refractivity (Wildman–Crippen MR) is 105 cm³/mol. The second-order valence-corrected chi connectivity index (χ2v) is 6.95. The Labute approximate surface area is 160 Å². The van der Waals surface area contributed by atoms with Crippen LogP contribution in [0.5, 0.6) is 0 Å². The van der Waals surface area contributed by atoms with Crippen LogP contribution in [0.4, 0.5) is 0 Å². The van der Waals surface area contributed by atoms with E-state index in [-0.39, 0.29) is 0 Å². The Kier molecular flexibility index (Phi) is 3.48. The number of hydrogen-bond donors (Lipinski definition) is 0. The molecule has 0 fully saturated rings. The van der Waals surface area contributed by atoms with Crippen LogP contribution in [-0.2, 0) is 0 Å². The minimum Gasteiger partial charge on any atom is -0.216 e. The van der Waals surface area contributed by atoms with Crippen LogP contribution in [-0.4, -0.2) is 29.4 Å². The average Bonchev–Trinajstić information content (AvgIpc) is 3.27. The number of nitrogens with zero attached hydrogens (tertiary/aromatic N) is 6. The molecule has 0 aliphatic heterocycles. The van der Waals surface area contributed by atoms with Crippen molar-refractivity contribution in [2.75, 3.05) is 0 Å². The van der Waals surface area contributed by atoms with Gasteiger partial charge in [0.1, 0.15) is 6.33 Å². The topological polar surface area (TPSA) is 60.9 Å². The van der Waals surface area contributed by atoms with E-state index in [1.54, 1.807) is 21.7 Å². The molecule has 0 aliphatic carbocycles. The molecule has 0 saturated heterocycles. The Morgan fingerprint density at radius 2 is 1.89 bits per heavy atom. The van der Waals surface area contributed by atoms with E-state index >= 15 is 0 Å². The van der Waals surface area contributed by atoms with Gasteiger partial charge >= 0.3 is 0 Å². The minimum absolute atomic E-state index is 0.666. The first-order chi connectivity index (χ1) is 13.1. The molecule has 27 heavy (non-hydrogen) atoms. The highest BCUT2D eigenvalue weighted by Crippen LogP contribution is 2.25. The molecule has 7 heteroatoms. The van der Waals surface area contributed by atoms with Gasteiger partial charge in [0, 0.05) is 10.6 Å². The maximum absolute atomic E-state index is 6.27. The SMILES string of the molecule is Cc1cccc(-c2nc3c4cnn(-c5ccc(C)c(Cl)c5)c4ncn3n2)c1. The molecule has 5 aromatic rings. The third kappa shape index (κ3) is 2.57. The molecule has 0 amide bonds. The van der Waals surface area contributed by atoms with Crippen molar-refractivity contribution in [1.82, 2.24) is 29.4 Å². The zero-order valence-corrected chi connectivity index (χ0v) is 15.5. The summed E-state index contributed by atoms with van der Waals surface area (Å²) in [4.78, 5) is 9.26. The molecule has 0 N–H and O–H groups in total. The largest absolute Gasteiger partial charge is 0.216 e. The Bertz CT molecular complexity index is 1320. The van der Waals surface area contributed by atoms with Crippen molar-refractivity contribution in [3.05, 3.63) is 71.1 Å². The van der Waals surface area contributed by atoms with Crippen molar-refractivity contribution >= 4 is 28.3 Å². The summed E-state index contributed by atoms with van der Waals surface area (Å²) in [5, 5.41) is 10.6. The van der Waals surface area contributed by atoms with Crippen LogP contribution in [0.15, 0.2) is 55.0 Å². The van der Waals surface area contributed by atoms with E-state index in [9.17, 15) is 0 Å². The van der Waals surface area contributed by atoms with Crippen LogP contribution in [0.25, 0.3) is 33.8 Å². The van der Waals surface area contributed by atoms with Gasteiger partial charge < -0.3 is 0 Å². The summed E-state index contributed by atoms with van der Waals surface area (Å²) in [7, 11) is 0. The minimum atomic E-state index is 0.666. The van der Waals surface area contributed by atoms with Gasteiger partial charge in [0.2, 0.25) is 0 Å². The van der Waals surface area contributed by atoms with Gasteiger partial charge in [-0.15, -0.1) is 5.10 Å². The molecule has 0 saturated carbocycles. The Morgan fingerprint density at radius 1 is 1.00 bits per heavy atom. The summed E-state index contributed by atoms with van der Waals surface area (Å²) >= 11 is 6.27. The smallest absolute Gasteiger partial charge is 0.182 e. The van der Waals surface area contributed by atoms with E-state index in [4.69, 9.17) is 16.6 Å². The average molecular weight is 375 g/mol. The Morgan fingerprint density at radius 3 is 2.70 bits per heavy atom. The molecule has 0 atom stereocenters. The first kappa shape index (κ1) is 16.0. The quantitative estimate of drug-likeness (QED) is 0.459. The number of fused-ring (bicyclic) bond motifs is 3. The first-order valence-corrected chi connectivity index (χ1v) is 8.90. The highest BCUT2D eigenvalue weighted by molar-refractivity contribution is 6.31. The second kappa shape index (κ2) is 5.89. The third-order valence-electron chi connectivity index (χ3n) is 4.58. The highest BCUT2D eigenvalue weighted by Gasteiger charge is 2.14. The van der Waals surface area contributed by atoms with Crippen molar-refractivity contribution in [1.29, 1.82) is 0 Å². The Hall–Kier alpha value is -3.25. The molecule has 3 heterocycles. The van der Waals surface area contributed by atoms with Crippen LogP contribution < -0.4 is 0 Å². The first-order valence-electron chi connectivity index (χ1n) is 8.53. The number of aromatic nitrogens is 6. The second-order valence-electron chi connectivity index (χ2n) is 6.54. The van der Waals surface area contributed by atoms with Crippen molar-refractivity contribution < 1.29 is 0 Å². The summed E-state index contributed by atoms with van der Waals surface area (Å²) < 4.78 is 3.45. The fraction of sp³-hybridized carbons (Fsp3) is 0.100. The molecule has 0 unspecified atom stereocenters. The number of hydrogen-bond acceptors (Lipinski definition) is 4. The maximum atomic E-state index is 6.27. The van der Waals surface area contributed by atoms with E-state index in [2.05, 4.69) is 34.2 Å². The number of benzene rings is 2. The molecule has 2 aromatic carbocycles. The lowest BCUT2D eigenvalue weighted by Gasteiger charge is -2.05. The van der Waals surface area contributed by atoms with Gasteiger partial charge in [0.05, 0.1) is 17.3 Å². The molecule has 0 spiro atoms. The van der Waals surface area contributed by atoms with Gasteiger partial charge in [-0.3, -0.25) is 0 Å². The molecule has 5 rings (SSSR count). The van der Waals surface area contributed by atoms with Gasteiger partial charge in [-0.2, -0.15) is 5.10 Å². The van der Waals surface area contributed by atoms with Gasteiger partial charge in [0.25, 0.3) is 0 Å². The van der Waals surface area contributed by atoms with Crippen molar-refractivity contribution in [2.24, 2.45) is 0 Å². The molecular formula is C20H15ClN6. The fourth-order valence-electron chi connectivity index (χ4n) is 3.13.